The third-order valence-corrected chi connectivity index (χ3v) is 9.27. The number of hydrogen-bond donors (Lipinski definition) is 1. The number of ether oxygens (including phenoxy) is 5. The molecule has 0 bridgehead atoms. The number of methoxy groups -OCH3 is 1. The van der Waals surface area contributed by atoms with Gasteiger partial charge in [-0.3, -0.25) is 4.79 Å². The van der Waals surface area contributed by atoms with Crippen LogP contribution in [0.1, 0.15) is 66.3 Å². The van der Waals surface area contributed by atoms with Gasteiger partial charge < -0.3 is 28.8 Å². The molecule has 3 aliphatic rings. The molecular weight excluding hydrogens is 589 g/mol. The highest BCUT2D eigenvalue weighted by atomic mass is 19.4. The smallest absolute Gasteiger partial charge is 0.416 e. The highest BCUT2D eigenvalue weighted by Crippen LogP contribution is 2.49. The fraction of sp³-hybridized carbons (Fsp3) is 0.457. The van der Waals surface area contributed by atoms with Crippen molar-refractivity contribution in [3.05, 3.63) is 76.3 Å². The number of fused-ring (bicyclic) bond motifs is 2. The zero-order chi connectivity index (χ0) is 32.0. The first-order valence-electron chi connectivity index (χ1n) is 15.2. The van der Waals surface area contributed by atoms with Crippen LogP contribution in [0.5, 0.6) is 17.2 Å². The molecule has 0 saturated carbocycles. The lowest BCUT2D eigenvalue weighted by Crippen LogP contribution is -2.41. The van der Waals surface area contributed by atoms with E-state index in [9.17, 15) is 23.1 Å². The number of halogens is 3. The fourth-order valence-electron chi connectivity index (χ4n) is 6.60. The molecule has 10 heteroatoms. The second-order valence-electron chi connectivity index (χ2n) is 12.5. The second kappa shape index (κ2) is 11.9. The lowest BCUT2D eigenvalue weighted by molar-refractivity contribution is -0.141. The third-order valence-electron chi connectivity index (χ3n) is 9.27. The fourth-order valence-corrected chi connectivity index (χ4v) is 6.60. The Hall–Kier alpha value is -3.76. The Kier molecular flexibility index (Phi) is 8.24. The quantitative estimate of drug-likeness (QED) is 0.273. The lowest BCUT2D eigenvalue weighted by atomic mass is 9.89. The average molecular weight is 627 g/mol. The second-order valence-corrected chi connectivity index (χ2v) is 12.5. The van der Waals surface area contributed by atoms with Crippen molar-refractivity contribution in [1.82, 2.24) is 0 Å². The maximum Gasteiger partial charge on any atom is 0.416 e. The van der Waals surface area contributed by atoms with Crippen molar-refractivity contribution < 1.29 is 46.8 Å². The lowest BCUT2D eigenvalue weighted by Gasteiger charge is -2.31. The minimum atomic E-state index is -4.56. The van der Waals surface area contributed by atoms with Crippen LogP contribution in [0.4, 0.5) is 13.2 Å². The van der Waals surface area contributed by atoms with Crippen LogP contribution >= 0.6 is 0 Å². The largest absolute Gasteiger partial charge is 0.492 e. The van der Waals surface area contributed by atoms with Crippen LogP contribution in [-0.4, -0.2) is 50.2 Å². The number of hydrogen-bond acceptors (Lipinski definition) is 7. The molecule has 0 amide bonds. The third kappa shape index (κ3) is 6.35. The number of carbonyl (C=O) groups excluding carboxylic acids is 1. The van der Waals surface area contributed by atoms with Gasteiger partial charge in [-0.25, -0.2) is 0 Å². The van der Waals surface area contributed by atoms with Gasteiger partial charge in [0.05, 0.1) is 25.7 Å². The molecule has 0 radical (unpaired) electrons. The summed E-state index contributed by atoms with van der Waals surface area (Å²) in [6.45, 7) is 5.06. The zero-order valence-corrected chi connectivity index (χ0v) is 25.6. The summed E-state index contributed by atoms with van der Waals surface area (Å²) >= 11 is 0. The first-order valence-corrected chi connectivity index (χ1v) is 15.2. The molecule has 1 saturated heterocycles. The van der Waals surface area contributed by atoms with Crippen LogP contribution in [0.2, 0.25) is 0 Å². The number of esters is 1. The molecule has 45 heavy (non-hydrogen) atoms. The average Bonchev–Trinajstić information content (AvgIpc) is 3.55. The maximum atomic E-state index is 14.3. The van der Waals surface area contributed by atoms with E-state index in [1.807, 2.05) is 19.9 Å². The van der Waals surface area contributed by atoms with Crippen LogP contribution in [0.25, 0.3) is 11.1 Å². The first-order chi connectivity index (χ1) is 21.4. The number of carbonyl (C=O) groups is 1. The van der Waals surface area contributed by atoms with E-state index in [1.54, 1.807) is 30.3 Å². The molecule has 0 spiro atoms. The summed E-state index contributed by atoms with van der Waals surface area (Å²) < 4.78 is 71.1. The summed E-state index contributed by atoms with van der Waals surface area (Å²) in [7, 11) is 1.34. The molecule has 0 aromatic heterocycles. The number of aliphatic hydroxyl groups is 1. The molecule has 6 rings (SSSR count). The van der Waals surface area contributed by atoms with E-state index in [-0.39, 0.29) is 24.9 Å². The number of benzene rings is 3. The van der Waals surface area contributed by atoms with Gasteiger partial charge in [-0.15, -0.1) is 0 Å². The molecule has 1 fully saturated rings. The molecule has 240 valence electrons. The predicted molar refractivity (Wildman–Crippen MR) is 160 cm³/mol. The van der Waals surface area contributed by atoms with Crippen LogP contribution < -0.4 is 14.2 Å². The standard InChI is InChI=1S/C35H37F3O7/c1-21-14-24(44-20-34(40)10-12-42-13-11-34)4-6-26(21)29-16-23(35(36,37)38)17-30-28(29)8-9-33(30,2)45-25-5-7-27-22(15-32(39)41-3)19-43-31(27)18-25/h4-7,14,16-18,22,40H,8-13,15,19-20H2,1-3H3/t22-,33-/m1/s1. The van der Waals surface area contributed by atoms with E-state index in [2.05, 4.69) is 0 Å². The summed E-state index contributed by atoms with van der Waals surface area (Å²) in [6.07, 6.45) is -2.37. The Morgan fingerprint density at radius 3 is 2.49 bits per heavy atom. The normalized spacial score (nSPS) is 21.9. The van der Waals surface area contributed by atoms with E-state index in [4.69, 9.17) is 23.7 Å². The summed E-state index contributed by atoms with van der Waals surface area (Å²) in [4.78, 5) is 11.8. The SMILES string of the molecule is COC(=O)C[C@@H]1COc2cc(O[C@]3(C)CCc4c(-c5ccc(OCC6(O)CCOCC6)cc5C)cc(C(F)(F)F)cc43)ccc21. The van der Waals surface area contributed by atoms with Gasteiger partial charge in [0.15, 0.2) is 0 Å². The maximum absolute atomic E-state index is 14.3. The Morgan fingerprint density at radius 2 is 1.78 bits per heavy atom. The Labute approximate surface area is 260 Å². The Morgan fingerprint density at radius 1 is 1.02 bits per heavy atom. The molecule has 2 aliphatic heterocycles. The van der Waals surface area contributed by atoms with Crippen molar-refractivity contribution in [1.29, 1.82) is 0 Å². The minimum absolute atomic E-state index is 0.115. The molecule has 7 nitrogen and oxygen atoms in total. The van der Waals surface area contributed by atoms with Crippen molar-refractivity contribution in [2.24, 2.45) is 0 Å². The molecule has 3 aromatic carbocycles. The molecule has 2 heterocycles. The number of aryl methyl sites for hydroxylation is 1. The van der Waals surface area contributed by atoms with Crippen LogP contribution in [0, 0.1) is 6.92 Å². The van der Waals surface area contributed by atoms with E-state index >= 15 is 0 Å². The molecule has 1 N–H and O–H groups in total. The van der Waals surface area contributed by atoms with E-state index in [0.717, 1.165) is 16.7 Å². The van der Waals surface area contributed by atoms with Crippen LogP contribution in [-0.2, 0) is 32.5 Å². The molecule has 0 unspecified atom stereocenters. The van der Waals surface area contributed by atoms with Crippen molar-refractivity contribution in [2.45, 2.75) is 69.2 Å². The van der Waals surface area contributed by atoms with E-state index in [0.29, 0.717) is 79.4 Å². The topological polar surface area (TPSA) is 83.5 Å². The van der Waals surface area contributed by atoms with Crippen LogP contribution in [0.3, 0.4) is 0 Å². The van der Waals surface area contributed by atoms with Gasteiger partial charge in [-0.1, -0.05) is 12.1 Å². The zero-order valence-electron chi connectivity index (χ0n) is 25.6. The van der Waals surface area contributed by atoms with Gasteiger partial charge in [0.1, 0.15) is 35.1 Å². The van der Waals surface area contributed by atoms with Gasteiger partial charge in [-0.05, 0) is 84.8 Å². The number of alkyl halides is 3. The highest BCUT2D eigenvalue weighted by Gasteiger charge is 2.42. The van der Waals surface area contributed by atoms with Crippen molar-refractivity contribution in [3.8, 4) is 28.4 Å². The molecule has 1 aliphatic carbocycles. The van der Waals surface area contributed by atoms with Crippen molar-refractivity contribution >= 4 is 5.97 Å². The van der Waals surface area contributed by atoms with Gasteiger partial charge >= 0.3 is 12.1 Å². The minimum Gasteiger partial charge on any atom is -0.492 e. The van der Waals surface area contributed by atoms with Gasteiger partial charge in [0, 0.05) is 43.6 Å². The van der Waals surface area contributed by atoms with E-state index < -0.39 is 22.9 Å². The predicted octanol–water partition coefficient (Wildman–Crippen LogP) is 6.88. The highest BCUT2D eigenvalue weighted by molar-refractivity contribution is 5.75. The first kappa shape index (κ1) is 31.2. The summed E-state index contributed by atoms with van der Waals surface area (Å²) in [5, 5.41) is 10.8. The van der Waals surface area contributed by atoms with E-state index in [1.165, 1.54) is 19.2 Å². The summed E-state index contributed by atoms with van der Waals surface area (Å²) in [5.74, 6) is 1.16. The van der Waals surface area contributed by atoms with Gasteiger partial charge in [-0.2, -0.15) is 13.2 Å². The van der Waals surface area contributed by atoms with Crippen molar-refractivity contribution in [3.63, 3.8) is 0 Å². The van der Waals surface area contributed by atoms with Crippen molar-refractivity contribution in [2.75, 3.05) is 33.5 Å². The summed E-state index contributed by atoms with van der Waals surface area (Å²) in [5.41, 5.74) is 1.43. The molecule has 3 aromatic rings. The van der Waals surface area contributed by atoms with Gasteiger partial charge in [0.25, 0.3) is 0 Å². The van der Waals surface area contributed by atoms with Crippen LogP contribution in [0.15, 0.2) is 48.5 Å². The monoisotopic (exact) mass is 626 g/mol. The number of rotatable bonds is 8. The Bertz CT molecular complexity index is 1590. The molecular formula is C35H37F3O7. The molecule has 2 atom stereocenters. The Balaban J connectivity index is 1.29. The van der Waals surface area contributed by atoms with Gasteiger partial charge in [0.2, 0.25) is 0 Å². The summed E-state index contributed by atoms with van der Waals surface area (Å²) in [6, 6.07) is 13.1.